The van der Waals surface area contributed by atoms with Crippen LogP contribution in [0.15, 0.2) is 91.0 Å². The number of benzene rings is 3. The van der Waals surface area contributed by atoms with E-state index in [1.54, 1.807) is 12.1 Å². The van der Waals surface area contributed by atoms with Gasteiger partial charge < -0.3 is 10.6 Å². The summed E-state index contributed by atoms with van der Waals surface area (Å²) >= 11 is 6.11. The fourth-order valence-electron chi connectivity index (χ4n) is 3.08. The number of hydrogen-bond acceptors (Lipinski definition) is 3. The molecule has 4 aromatic rings. The monoisotopic (exact) mass is 413 g/mol. The van der Waals surface area contributed by atoms with Crippen LogP contribution in [0.2, 0.25) is 5.02 Å². The van der Waals surface area contributed by atoms with Crippen molar-refractivity contribution in [3.63, 3.8) is 0 Å². The molecule has 4 nitrogen and oxygen atoms in total. The molecule has 0 saturated carbocycles. The normalized spacial score (nSPS) is 11.0. The van der Waals surface area contributed by atoms with Gasteiger partial charge in [-0.15, -0.1) is 0 Å². The maximum atomic E-state index is 12.2. The number of anilines is 2. The van der Waals surface area contributed by atoms with Crippen molar-refractivity contribution in [2.45, 2.75) is 6.54 Å². The Balaban J connectivity index is 1.38. The summed E-state index contributed by atoms with van der Waals surface area (Å²) in [6, 6.07) is 27.1. The van der Waals surface area contributed by atoms with Gasteiger partial charge in [-0.2, -0.15) is 0 Å². The number of hydrogen-bond donors (Lipinski definition) is 2. The summed E-state index contributed by atoms with van der Waals surface area (Å²) < 4.78 is 0. The molecule has 1 heterocycles. The standard InChI is InChI=1S/C25H20ClN3O/c26-22-10-3-1-7-19(22)13-15-25(30)28-21-9-5-6-18(16-21)17-27-24-14-12-20-8-2-4-11-23(20)29-24/h1-16H,17H2,(H,27,29)(H,28,30). The molecule has 0 aliphatic rings. The van der Waals surface area contributed by atoms with Gasteiger partial charge in [-0.1, -0.05) is 60.1 Å². The fraction of sp³-hybridized carbons (Fsp3) is 0.0400. The van der Waals surface area contributed by atoms with Crippen LogP contribution in [0.4, 0.5) is 11.5 Å². The van der Waals surface area contributed by atoms with Crippen LogP contribution in [-0.4, -0.2) is 10.9 Å². The molecule has 30 heavy (non-hydrogen) atoms. The van der Waals surface area contributed by atoms with Crippen molar-refractivity contribution in [3.8, 4) is 0 Å². The Hall–Kier alpha value is -3.63. The molecule has 0 atom stereocenters. The second-order valence-electron chi connectivity index (χ2n) is 6.79. The minimum absolute atomic E-state index is 0.212. The molecule has 0 saturated heterocycles. The molecule has 1 amide bonds. The summed E-state index contributed by atoms with van der Waals surface area (Å²) in [6.45, 7) is 0.602. The number of nitrogens with zero attached hydrogens (tertiary/aromatic N) is 1. The number of amides is 1. The third kappa shape index (κ3) is 5.04. The summed E-state index contributed by atoms with van der Waals surface area (Å²) in [5.41, 5.74) is 3.52. The Bertz CT molecular complexity index is 1220. The molecule has 2 N–H and O–H groups in total. The molecule has 3 aromatic carbocycles. The lowest BCUT2D eigenvalue weighted by molar-refractivity contribution is -0.111. The summed E-state index contributed by atoms with van der Waals surface area (Å²) in [6.07, 6.45) is 3.18. The van der Waals surface area contributed by atoms with Gasteiger partial charge in [0, 0.05) is 28.7 Å². The van der Waals surface area contributed by atoms with Gasteiger partial charge in [0.1, 0.15) is 5.82 Å². The molecule has 0 aliphatic carbocycles. The minimum atomic E-state index is -0.212. The lowest BCUT2D eigenvalue weighted by Gasteiger charge is -2.09. The topological polar surface area (TPSA) is 54.0 Å². The van der Waals surface area contributed by atoms with E-state index in [1.807, 2.05) is 78.9 Å². The highest BCUT2D eigenvalue weighted by Gasteiger charge is 2.02. The van der Waals surface area contributed by atoms with E-state index < -0.39 is 0 Å². The van der Waals surface area contributed by atoms with Gasteiger partial charge in [0.2, 0.25) is 5.91 Å². The van der Waals surface area contributed by atoms with Crippen molar-refractivity contribution in [3.05, 3.63) is 107 Å². The van der Waals surface area contributed by atoms with Crippen molar-refractivity contribution in [2.24, 2.45) is 0 Å². The van der Waals surface area contributed by atoms with E-state index in [1.165, 1.54) is 6.08 Å². The fourth-order valence-corrected chi connectivity index (χ4v) is 3.27. The summed E-state index contributed by atoms with van der Waals surface area (Å²) in [5, 5.41) is 7.93. The first kappa shape index (κ1) is 19.7. The SMILES string of the molecule is O=C(C=Cc1ccccc1Cl)Nc1cccc(CNc2ccc3ccccc3n2)c1. The number of pyridine rings is 1. The Morgan fingerprint density at radius 3 is 2.67 bits per heavy atom. The summed E-state index contributed by atoms with van der Waals surface area (Å²) in [5.74, 6) is 0.599. The molecular weight excluding hydrogens is 394 g/mol. The smallest absolute Gasteiger partial charge is 0.248 e. The van der Waals surface area contributed by atoms with Crippen LogP contribution in [0.25, 0.3) is 17.0 Å². The Morgan fingerprint density at radius 1 is 0.933 bits per heavy atom. The Labute approximate surface area is 180 Å². The third-order valence-corrected chi connectivity index (χ3v) is 4.93. The number of carbonyl (C=O) groups excluding carboxylic acids is 1. The molecule has 0 radical (unpaired) electrons. The van der Waals surface area contributed by atoms with Crippen molar-refractivity contribution in [1.29, 1.82) is 0 Å². The van der Waals surface area contributed by atoms with Gasteiger partial charge in [-0.05, 0) is 53.6 Å². The van der Waals surface area contributed by atoms with Crippen molar-refractivity contribution in [2.75, 3.05) is 10.6 Å². The molecule has 0 fully saturated rings. The van der Waals surface area contributed by atoms with Crippen LogP contribution in [0.1, 0.15) is 11.1 Å². The average Bonchev–Trinajstić information content (AvgIpc) is 2.77. The summed E-state index contributed by atoms with van der Waals surface area (Å²) in [7, 11) is 0. The minimum Gasteiger partial charge on any atom is -0.366 e. The van der Waals surface area contributed by atoms with E-state index >= 15 is 0 Å². The number of aromatic nitrogens is 1. The molecule has 5 heteroatoms. The third-order valence-electron chi connectivity index (χ3n) is 4.59. The zero-order valence-electron chi connectivity index (χ0n) is 16.2. The van der Waals surface area contributed by atoms with Crippen LogP contribution in [-0.2, 0) is 11.3 Å². The Morgan fingerprint density at radius 2 is 1.77 bits per heavy atom. The maximum Gasteiger partial charge on any atom is 0.248 e. The second-order valence-corrected chi connectivity index (χ2v) is 7.19. The maximum absolute atomic E-state index is 12.2. The number of nitrogens with one attached hydrogen (secondary N) is 2. The van der Waals surface area contributed by atoms with Gasteiger partial charge in [-0.25, -0.2) is 4.98 Å². The van der Waals surface area contributed by atoms with E-state index in [0.717, 1.165) is 33.5 Å². The number of para-hydroxylation sites is 1. The van der Waals surface area contributed by atoms with Gasteiger partial charge in [-0.3, -0.25) is 4.79 Å². The number of halogens is 1. The molecule has 0 aliphatic heterocycles. The van der Waals surface area contributed by atoms with E-state index in [9.17, 15) is 4.79 Å². The highest BCUT2D eigenvalue weighted by atomic mass is 35.5. The van der Waals surface area contributed by atoms with Gasteiger partial charge in [0.15, 0.2) is 0 Å². The zero-order valence-corrected chi connectivity index (χ0v) is 16.9. The van der Waals surface area contributed by atoms with Crippen LogP contribution >= 0.6 is 11.6 Å². The Kier molecular flexibility index (Phi) is 6.06. The zero-order chi connectivity index (χ0) is 20.8. The molecule has 0 spiro atoms. The quantitative estimate of drug-likeness (QED) is 0.372. The molecule has 0 unspecified atom stereocenters. The molecule has 0 bridgehead atoms. The average molecular weight is 414 g/mol. The highest BCUT2D eigenvalue weighted by Crippen LogP contribution is 2.18. The van der Waals surface area contributed by atoms with Crippen LogP contribution < -0.4 is 10.6 Å². The first-order chi connectivity index (χ1) is 14.7. The van der Waals surface area contributed by atoms with Crippen molar-refractivity contribution >= 4 is 46.0 Å². The largest absolute Gasteiger partial charge is 0.366 e. The first-order valence-corrected chi connectivity index (χ1v) is 9.97. The molecule has 1 aromatic heterocycles. The second kappa shape index (κ2) is 9.25. The van der Waals surface area contributed by atoms with E-state index in [2.05, 4.69) is 15.6 Å². The van der Waals surface area contributed by atoms with E-state index in [0.29, 0.717) is 11.6 Å². The summed E-state index contributed by atoms with van der Waals surface area (Å²) in [4.78, 5) is 16.9. The molecule has 4 rings (SSSR count). The lowest BCUT2D eigenvalue weighted by Crippen LogP contribution is -2.08. The molecule has 148 valence electrons. The van der Waals surface area contributed by atoms with E-state index in [4.69, 9.17) is 11.6 Å². The number of rotatable bonds is 6. The first-order valence-electron chi connectivity index (χ1n) is 9.59. The lowest BCUT2D eigenvalue weighted by atomic mass is 10.2. The van der Waals surface area contributed by atoms with Crippen molar-refractivity contribution in [1.82, 2.24) is 4.98 Å². The number of carbonyl (C=O) groups is 1. The van der Waals surface area contributed by atoms with E-state index in [-0.39, 0.29) is 5.91 Å². The van der Waals surface area contributed by atoms with Crippen LogP contribution in [0.5, 0.6) is 0 Å². The van der Waals surface area contributed by atoms with Gasteiger partial charge in [0.25, 0.3) is 0 Å². The van der Waals surface area contributed by atoms with Gasteiger partial charge in [0.05, 0.1) is 5.52 Å². The van der Waals surface area contributed by atoms with Crippen molar-refractivity contribution < 1.29 is 4.79 Å². The highest BCUT2D eigenvalue weighted by molar-refractivity contribution is 6.32. The van der Waals surface area contributed by atoms with Gasteiger partial charge >= 0.3 is 0 Å². The molecular formula is C25H20ClN3O. The predicted octanol–water partition coefficient (Wildman–Crippen LogP) is 6.15. The van der Waals surface area contributed by atoms with Crippen LogP contribution in [0, 0.1) is 0 Å². The number of fused-ring (bicyclic) bond motifs is 1. The van der Waals surface area contributed by atoms with Crippen LogP contribution in [0.3, 0.4) is 0 Å². The predicted molar refractivity (Wildman–Crippen MR) is 125 cm³/mol.